The Bertz CT molecular complexity index is 994. The zero-order valence-corrected chi connectivity index (χ0v) is 19.2. The van der Waals surface area contributed by atoms with E-state index in [9.17, 15) is 14.0 Å². The smallest absolute Gasteiger partial charge is 0.258 e. The van der Waals surface area contributed by atoms with Crippen LogP contribution in [0, 0.1) is 23.6 Å². The molecule has 3 saturated carbocycles. The van der Waals surface area contributed by atoms with E-state index in [1.807, 2.05) is 31.2 Å². The van der Waals surface area contributed by atoms with Gasteiger partial charge in [0.2, 0.25) is 5.91 Å². The Morgan fingerprint density at radius 1 is 1.03 bits per heavy atom. The van der Waals surface area contributed by atoms with Crippen LogP contribution in [0.25, 0.3) is 0 Å². The molecule has 6 nitrogen and oxygen atoms in total. The van der Waals surface area contributed by atoms with Crippen LogP contribution in [-0.2, 0) is 16.1 Å². The van der Waals surface area contributed by atoms with Crippen molar-refractivity contribution in [1.29, 1.82) is 0 Å². The minimum absolute atomic E-state index is 0.000359. The molecular formula is C25H28ClFN2O4. The molecule has 2 N–H and O–H groups in total. The van der Waals surface area contributed by atoms with E-state index >= 15 is 0 Å². The Labute approximate surface area is 197 Å². The first-order valence-electron chi connectivity index (χ1n) is 11.3. The Morgan fingerprint density at radius 3 is 2.45 bits per heavy atom. The molecule has 0 unspecified atom stereocenters. The van der Waals surface area contributed by atoms with Crippen molar-refractivity contribution in [2.45, 2.75) is 38.8 Å². The SMILES string of the molecule is CCOc1ccc(CNC(=O)[C@@H]2C[C@H](NC(=O)COc3ccc(Cl)c(F)c3)C3CC2C3)cc1. The second kappa shape index (κ2) is 10.4. The van der Waals surface area contributed by atoms with Crippen molar-refractivity contribution >= 4 is 23.4 Å². The van der Waals surface area contributed by atoms with Crippen molar-refractivity contribution in [1.82, 2.24) is 10.6 Å². The Balaban J connectivity index is 1.25. The highest BCUT2D eigenvalue weighted by Gasteiger charge is 2.48. The van der Waals surface area contributed by atoms with Gasteiger partial charge in [0.1, 0.15) is 17.3 Å². The van der Waals surface area contributed by atoms with E-state index in [1.54, 1.807) is 0 Å². The summed E-state index contributed by atoms with van der Waals surface area (Å²) in [6.07, 6.45) is 2.50. The normalized spacial score (nSPS) is 23.2. The Kier molecular flexibility index (Phi) is 7.38. The van der Waals surface area contributed by atoms with E-state index in [4.69, 9.17) is 21.1 Å². The van der Waals surface area contributed by atoms with Crippen LogP contribution in [0.1, 0.15) is 31.7 Å². The molecule has 2 atom stereocenters. The minimum atomic E-state index is -0.596. The molecule has 3 aliphatic carbocycles. The zero-order chi connectivity index (χ0) is 23.4. The highest BCUT2D eigenvalue weighted by molar-refractivity contribution is 6.30. The monoisotopic (exact) mass is 474 g/mol. The third-order valence-electron chi connectivity index (χ3n) is 6.50. The average molecular weight is 475 g/mol. The highest BCUT2D eigenvalue weighted by Crippen LogP contribution is 2.49. The van der Waals surface area contributed by atoms with Crippen molar-refractivity contribution in [3.05, 3.63) is 58.9 Å². The predicted molar refractivity (Wildman–Crippen MR) is 123 cm³/mol. The molecule has 2 bridgehead atoms. The summed E-state index contributed by atoms with van der Waals surface area (Å²) in [6.45, 7) is 2.79. The largest absolute Gasteiger partial charge is 0.494 e. The summed E-state index contributed by atoms with van der Waals surface area (Å²) in [4.78, 5) is 25.3. The van der Waals surface area contributed by atoms with Gasteiger partial charge < -0.3 is 20.1 Å². The molecule has 2 aromatic rings. The van der Waals surface area contributed by atoms with Crippen molar-refractivity contribution in [2.75, 3.05) is 13.2 Å². The number of hydrogen-bond acceptors (Lipinski definition) is 4. The highest BCUT2D eigenvalue weighted by atomic mass is 35.5. The van der Waals surface area contributed by atoms with Gasteiger partial charge in [-0.25, -0.2) is 4.39 Å². The summed E-state index contributed by atoms with van der Waals surface area (Å²) in [6, 6.07) is 11.7. The number of ether oxygens (including phenoxy) is 2. The molecular weight excluding hydrogens is 447 g/mol. The third kappa shape index (κ3) is 5.77. The first-order valence-corrected chi connectivity index (χ1v) is 11.7. The van der Waals surface area contributed by atoms with Gasteiger partial charge in [-0.3, -0.25) is 9.59 Å². The topological polar surface area (TPSA) is 76.7 Å². The fourth-order valence-electron chi connectivity index (χ4n) is 4.68. The molecule has 3 aliphatic rings. The maximum Gasteiger partial charge on any atom is 0.258 e. The number of fused-ring (bicyclic) bond motifs is 2. The fraction of sp³-hybridized carbons (Fsp3) is 0.440. The van der Waals surface area contributed by atoms with E-state index in [2.05, 4.69) is 10.6 Å². The lowest BCUT2D eigenvalue weighted by Gasteiger charge is -2.50. The molecule has 3 fully saturated rings. The zero-order valence-electron chi connectivity index (χ0n) is 18.5. The second-order valence-corrected chi connectivity index (χ2v) is 9.07. The summed E-state index contributed by atoms with van der Waals surface area (Å²) in [7, 11) is 0. The van der Waals surface area contributed by atoms with Crippen molar-refractivity contribution < 1.29 is 23.5 Å². The molecule has 2 amide bonds. The summed E-state index contributed by atoms with van der Waals surface area (Å²) in [5.41, 5.74) is 1.01. The molecule has 0 saturated heterocycles. The summed E-state index contributed by atoms with van der Waals surface area (Å²) in [5.74, 6) is 0.845. The second-order valence-electron chi connectivity index (χ2n) is 8.67. The quantitative estimate of drug-likeness (QED) is 0.573. The molecule has 0 spiro atoms. The minimum Gasteiger partial charge on any atom is -0.494 e. The number of carbonyl (C=O) groups is 2. The molecule has 0 radical (unpaired) electrons. The van der Waals surface area contributed by atoms with E-state index in [1.165, 1.54) is 12.1 Å². The van der Waals surface area contributed by atoms with Gasteiger partial charge >= 0.3 is 0 Å². The first kappa shape index (κ1) is 23.4. The van der Waals surface area contributed by atoms with E-state index < -0.39 is 5.82 Å². The molecule has 5 rings (SSSR count). The van der Waals surface area contributed by atoms with Gasteiger partial charge in [-0.1, -0.05) is 23.7 Å². The van der Waals surface area contributed by atoms with Crippen LogP contribution in [0.3, 0.4) is 0 Å². The van der Waals surface area contributed by atoms with Crippen LogP contribution < -0.4 is 20.1 Å². The molecule has 0 aromatic heterocycles. The van der Waals surface area contributed by atoms with Crippen LogP contribution in [0.4, 0.5) is 4.39 Å². The third-order valence-corrected chi connectivity index (χ3v) is 6.81. The average Bonchev–Trinajstić information content (AvgIpc) is 2.78. The molecule has 33 heavy (non-hydrogen) atoms. The van der Waals surface area contributed by atoms with Crippen LogP contribution in [-0.4, -0.2) is 31.1 Å². The lowest BCUT2D eigenvalue weighted by Crippen LogP contribution is -2.56. The predicted octanol–water partition coefficient (Wildman–Crippen LogP) is 4.10. The molecule has 0 aliphatic heterocycles. The lowest BCUT2D eigenvalue weighted by molar-refractivity contribution is -0.136. The van der Waals surface area contributed by atoms with Gasteiger partial charge in [-0.2, -0.15) is 0 Å². The number of amides is 2. The summed E-state index contributed by atoms with van der Waals surface area (Å²) < 4.78 is 24.3. The molecule has 2 aromatic carbocycles. The van der Waals surface area contributed by atoms with Gasteiger partial charge in [0.25, 0.3) is 5.91 Å². The first-order chi connectivity index (χ1) is 15.9. The van der Waals surface area contributed by atoms with E-state index in [0.29, 0.717) is 31.4 Å². The molecule has 176 valence electrons. The Hall–Kier alpha value is -2.80. The number of halogens is 2. The maximum atomic E-state index is 13.5. The number of rotatable bonds is 9. The standard InChI is InChI=1S/C25H28ClFN2O4/c1-2-32-18-5-3-15(4-6-18)13-28-25(31)20-12-23(17-9-16(20)10-17)29-24(30)14-33-19-7-8-21(26)22(27)11-19/h3-8,11,16-17,20,23H,2,9-10,12-14H2,1H3,(H,28,31)(H,29,30)/t16?,17?,20-,23+/m1/s1. The van der Waals surface area contributed by atoms with Gasteiger partial charge in [-0.15, -0.1) is 0 Å². The van der Waals surface area contributed by atoms with Crippen LogP contribution in [0.15, 0.2) is 42.5 Å². The van der Waals surface area contributed by atoms with Gasteiger partial charge in [0.05, 0.1) is 11.6 Å². The van der Waals surface area contributed by atoms with E-state index in [-0.39, 0.29) is 41.2 Å². The molecule has 0 heterocycles. The number of benzene rings is 2. The van der Waals surface area contributed by atoms with Crippen LogP contribution in [0.2, 0.25) is 5.02 Å². The number of hydrogen-bond donors (Lipinski definition) is 2. The van der Waals surface area contributed by atoms with Crippen molar-refractivity contribution in [3.8, 4) is 11.5 Å². The Morgan fingerprint density at radius 2 is 1.76 bits per heavy atom. The number of carbonyl (C=O) groups excluding carboxylic acids is 2. The van der Waals surface area contributed by atoms with E-state index in [0.717, 1.165) is 30.2 Å². The fourth-order valence-corrected chi connectivity index (χ4v) is 4.79. The maximum absolute atomic E-state index is 13.5. The van der Waals surface area contributed by atoms with Crippen LogP contribution >= 0.6 is 11.6 Å². The van der Waals surface area contributed by atoms with Gasteiger partial charge in [0, 0.05) is 24.6 Å². The van der Waals surface area contributed by atoms with Gasteiger partial charge in [-0.05, 0) is 67.9 Å². The van der Waals surface area contributed by atoms with Crippen molar-refractivity contribution in [2.24, 2.45) is 17.8 Å². The van der Waals surface area contributed by atoms with Crippen LogP contribution in [0.5, 0.6) is 11.5 Å². The lowest BCUT2D eigenvalue weighted by atomic mass is 9.57. The number of nitrogens with one attached hydrogen (secondary N) is 2. The molecule has 8 heteroatoms. The summed E-state index contributed by atoms with van der Waals surface area (Å²) >= 11 is 5.66. The summed E-state index contributed by atoms with van der Waals surface area (Å²) in [5, 5.41) is 6.04. The van der Waals surface area contributed by atoms with Gasteiger partial charge in [0.15, 0.2) is 6.61 Å². The van der Waals surface area contributed by atoms with Crippen molar-refractivity contribution in [3.63, 3.8) is 0 Å².